The maximum atomic E-state index is 11.7. The summed E-state index contributed by atoms with van der Waals surface area (Å²) in [5, 5.41) is 19.5. The van der Waals surface area contributed by atoms with Crippen molar-refractivity contribution in [3.8, 4) is 0 Å². The number of halogens is 1. The van der Waals surface area contributed by atoms with Crippen LogP contribution in [0, 0.1) is 5.92 Å². The highest BCUT2D eigenvalue weighted by atomic mass is 127. The van der Waals surface area contributed by atoms with Crippen LogP contribution in [-0.4, -0.2) is 59.5 Å². The smallest absolute Gasteiger partial charge is 0.339 e. The Morgan fingerprint density at radius 3 is 2.85 bits per heavy atom. The minimum Gasteiger partial charge on any atom is -0.467 e. The van der Waals surface area contributed by atoms with Gasteiger partial charge in [-0.25, -0.2) is 4.79 Å². The quantitative estimate of drug-likeness (QED) is 0.523. The van der Waals surface area contributed by atoms with Crippen LogP contribution in [0.25, 0.3) is 0 Å². The summed E-state index contributed by atoms with van der Waals surface area (Å²) in [6, 6.07) is -0.224. The second-order valence-corrected chi connectivity index (χ2v) is 6.93. The van der Waals surface area contributed by atoms with Crippen LogP contribution in [0.15, 0.2) is 9.66 Å². The molecule has 1 heterocycles. The summed E-state index contributed by atoms with van der Waals surface area (Å²) < 4.78 is 5.81. The van der Waals surface area contributed by atoms with Crippen molar-refractivity contribution >= 4 is 28.6 Å². The molecule has 20 heavy (non-hydrogen) atoms. The van der Waals surface area contributed by atoms with E-state index in [1.807, 2.05) is 13.0 Å². The summed E-state index contributed by atoms with van der Waals surface area (Å²) in [4.78, 5) is 13.8. The SMILES string of the molecule is COC(=O)[C@](C)(O)[C@@H]1CCCN1C/C(I)=C\[C@H](C)CO. The van der Waals surface area contributed by atoms with Gasteiger partial charge in [0, 0.05) is 22.8 Å². The normalized spacial score (nSPS) is 25.3. The number of carbonyl (C=O) groups is 1. The molecule has 0 spiro atoms. The van der Waals surface area contributed by atoms with Gasteiger partial charge in [-0.1, -0.05) is 13.0 Å². The molecule has 0 aromatic carbocycles. The van der Waals surface area contributed by atoms with Crippen LogP contribution in [0.3, 0.4) is 0 Å². The maximum Gasteiger partial charge on any atom is 0.339 e. The number of likely N-dealkylation sites (tertiary alicyclic amines) is 1. The average molecular weight is 397 g/mol. The minimum atomic E-state index is -1.48. The van der Waals surface area contributed by atoms with Crippen molar-refractivity contribution in [2.24, 2.45) is 5.92 Å². The molecule has 1 aliphatic heterocycles. The third kappa shape index (κ3) is 4.41. The van der Waals surface area contributed by atoms with Gasteiger partial charge < -0.3 is 14.9 Å². The summed E-state index contributed by atoms with van der Waals surface area (Å²) in [7, 11) is 1.29. The highest BCUT2D eigenvalue weighted by Gasteiger charge is 2.45. The summed E-state index contributed by atoms with van der Waals surface area (Å²) in [6.07, 6.45) is 3.75. The van der Waals surface area contributed by atoms with E-state index >= 15 is 0 Å². The fourth-order valence-corrected chi connectivity index (χ4v) is 3.65. The van der Waals surface area contributed by atoms with Gasteiger partial charge in [-0.15, -0.1) is 0 Å². The molecule has 0 unspecified atom stereocenters. The molecule has 0 saturated carbocycles. The van der Waals surface area contributed by atoms with Gasteiger partial charge in [0.05, 0.1) is 7.11 Å². The van der Waals surface area contributed by atoms with Crippen molar-refractivity contribution in [3.63, 3.8) is 0 Å². The number of hydrogen-bond donors (Lipinski definition) is 2. The van der Waals surface area contributed by atoms with E-state index in [4.69, 9.17) is 9.84 Å². The van der Waals surface area contributed by atoms with E-state index in [1.165, 1.54) is 14.0 Å². The van der Waals surface area contributed by atoms with Gasteiger partial charge in [0.15, 0.2) is 5.60 Å². The van der Waals surface area contributed by atoms with E-state index < -0.39 is 11.6 Å². The first-order chi connectivity index (χ1) is 9.32. The topological polar surface area (TPSA) is 70.0 Å². The summed E-state index contributed by atoms with van der Waals surface area (Å²) in [5.74, 6) is -0.471. The van der Waals surface area contributed by atoms with Crippen molar-refractivity contribution in [2.45, 2.75) is 38.3 Å². The van der Waals surface area contributed by atoms with Crippen LogP contribution in [0.2, 0.25) is 0 Å². The fraction of sp³-hybridized carbons (Fsp3) is 0.786. The zero-order chi connectivity index (χ0) is 15.3. The molecule has 1 rings (SSSR count). The molecule has 0 bridgehead atoms. The Hall–Kier alpha value is -0.180. The Morgan fingerprint density at radius 2 is 2.30 bits per heavy atom. The van der Waals surface area contributed by atoms with Crippen LogP contribution in [0.5, 0.6) is 0 Å². The van der Waals surface area contributed by atoms with E-state index in [0.717, 1.165) is 23.0 Å². The van der Waals surface area contributed by atoms with E-state index in [2.05, 4.69) is 27.5 Å². The second kappa shape index (κ2) is 7.72. The predicted molar refractivity (Wildman–Crippen MR) is 85.6 cm³/mol. The van der Waals surface area contributed by atoms with Crippen molar-refractivity contribution < 1.29 is 19.7 Å². The number of nitrogens with zero attached hydrogens (tertiary/aromatic N) is 1. The van der Waals surface area contributed by atoms with Gasteiger partial charge in [-0.2, -0.15) is 0 Å². The van der Waals surface area contributed by atoms with Crippen molar-refractivity contribution in [1.29, 1.82) is 0 Å². The molecule has 1 aliphatic rings. The highest BCUT2D eigenvalue weighted by molar-refractivity contribution is 14.1. The van der Waals surface area contributed by atoms with Crippen LogP contribution >= 0.6 is 22.6 Å². The number of aliphatic hydroxyl groups excluding tert-OH is 1. The molecule has 6 heteroatoms. The van der Waals surface area contributed by atoms with Gasteiger partial charge in [-0.3, -0.25) is 4.90 Å². The van der Waals surface area contributed by atoms with E-state index in [-0.39, 0.29) is 18.6 Å². The molecule has 0 aliphatic carbocycles. The molecule has 2 N–H and O–H groups in total. The fourth-order valence-electron chi connectivity index (χ4n) is 2.60. The number of methoxy groups -OCH3 is 1. The second-order valence-electron chi connectivity index (χ2n) is 5.54. The molecule has 1 saturated heterocycles. The minimum absolute atomic E-state index is 0.115. The molecular weight excluding hydrogens is 373 g/mol. The van der Waals surface area contributed by atoms with Crippen molar-refractivity contribution in [1.82, 2.24) is 4.90 Å². The van der Waals surface area contributed by atoms with Gasteiger partial charge in [-0.05, 0) is 54.8 Å². The number of esters is 1. The van der Waals surface area contributed by atoms with Crippen LogP contribution in [0.4, 0.5) is 0 Å². The summed E-state index contributed by atoms with van der Waals surface area (Å²) >= 11 is 2.25. The molecule has 1 fully saturated rings. The Kier molecular flexibility index (Phi) is 6.90. The highest BCUT2D eigenvalue weighted by Crippen LogP contribution is 2.29. The zero-order valence-corrected chi connectivity index (χ0v) is 14.5. The van der Waals surface area contributed by atoms with Crippen molar-refractivity contribution in [2.75, 3.05) is 26.8 Å². The number of rotatable bonds is 6. The lowest BCUT2D eigenvalue weighted by atomic mass is 9.94. The number of aliphatic hydroxyl groups is 2. The van der Waals surface area contributed by atoms with Gasteiger partial charge >= 0.3 is 5.97 Å². The third-order valence-electron chi connectivity index (χ3n) is 3.72. The molecule has 3 atom stereocenters. The van der Waals surface area contributed by atoms with Crippen LogP contribution in [0.1, 0.15) is 26.7 Å². The number of hydrogen-bond acceptors (Lipinski definition) is 5. The van der Waals surface area contributed by atoms with E-state index in [0.29, 0.717) is 6.54 Å². The Labute approximate surface area is 134 Å². The first-order valence-corrected chi connectivity index (χ1v) is 7.92. The first-order valence-electron chi connectivity index (χ1n) is 6.84. The van der Waals surface area contributed by atoms with Crippen LogP contribution in [-0.2, 0) is 9.53 Å². The average Bonchev–Trinajstić information content (AvgIpc) is 2.85. The zero-order valence-electron chi connectivity index (χ0n) is 12.3. The first kappa shape index (κ1) is 17.9. The lowest BCUT2D eigenvalue weighted by Crippen LogP contribution is -2.53. The molecule has 0 radical (unpaired) electrons. The summed E-state index contributed by atoms with van der Waals surface area (Å²) in [6.45, 7) is 5.13. The molecule has 0 aromatic heterocycles. The molecule has 5 nitrogen and oxygen atoms in total. The van der Waals surface area contributed by atoms with Crippen molar-refractivity contribution in [3.05, 3.63) is 9.66 Å². The predicted octanol–water partition coefficient (Wildman–Crippen LogP) is 1.32. The standard InChI is InChI=1S/C14H24INO4/c1-10(9-17)7-11(15)8-16-6-4-5-12(16)14(2,19)13(18)20-3/h7,10,12,17,19H,4-6,8-9H2,1-3H3/b11-7+/t10-,12-,14+/m0/s1. The largest absolute Gasteiger partial charge is 0.467 e. The summed E-state index contributed by atoms with van der Waals surface area (Å²) in [5.41, 5.74) is -1.48. The van der Waals surface area contributed by atoms with E-state index in [9.17, 15) is 9.90 Å². The monoisotopic (exact) mass is 397 g/mol. The Bertz CT molecular complexity index is 370. The third-order valence-corrected chi connectivity index (χ3v) is 4.42. The van der Waals surface area contributed by atoms with Gasteiger partial charge in [0.25, 0.3) is 0 Å². The van der Waals surface area contributed by atoms with Gasteiger partial charge in [0.2, 0.25) is 0 Å². The van der Waals surface area contributed by atoms with Gasteiger partial charge in [0.1, 0.15) is 0 Å². The maximum absolute atomic E-state index is 11.7. The Morgan fingerprint density at radius 1 is 1.65 bits per heavy atom. The number of ether oxygens (including phenoxy) is 1. The number of carbonyl (C=O) groups excluding carboxylic acids is 1. The lowest BCUT2D eigenvalue weighted by Gasteiger charge is -2.34. The Balaban J connectivity index is 2.75. The molecule has 0 aromatic rings. The lowest BCUT2D eigenvalue weighted by molar-refractivity contribution is -0.166. The molecular formula is C14H24INO4. The van der Waals surface area contributed by atoms with E-state index in [1.54, 1.807) is 0 Å². The molecule has 116 valence electrons. The molecule has 0 amide bonds. The van der Waals surface area contributed by atoms with Crippen LogP contribution < -0.4 is 0 Å².